The third-order valence-corrected chi connectivity index (χ3v) is 7.68. The van der Waals surface area contributed by atoms with E-state index in [2.05, 4.69) is 12.1 Å². The molecular formula is C24H30O3S. The Bertz CT molecular complexity index is 877. The van der Waals surface area contributed by atoms with Crippen LogP contribution < -0.4 is 4.18 Å². The number of rotatable bonds is 5. The van der Waals surface area contributed by atoms with E-state index in [-0.39, 0.29) is 0 Å². The predicted molar refractivity (Wildman–Crippen MR) is 112 cm³/mol. The van der Waals surface area contributed by atoms with Crippen molar-refractivity contribution in [2.24, 2.45) is 0 Å². The fourth-order valence-corrected chi connectivity index (χ4v) is 6.11. The molecule has 0 spiro atoms. The minimum Gasteiger partial charge on any atom is -0.379 e. The monoisotopic (exact) mass is 398 g/mol. The van der Waals surface area contributed by atoms with Crippen molar-refractivity contribution in [3.8, 4) is 5.75 Å². The molecule has 0 bridgehead atoms. The van der Waals surface area contributed by atoms with Crippen LogP contribution in [0.4, 0.5) is 0 Å². The molecule has 3 nitrogen and oxygen atoms in total. The highest BCUT2D eigenvalue weighted by Gasteiger charge is 2.28. The summed E-state index contributed by atoms with van der Waals surface area (Å²) in [6.07, 6.45) is 11.8. The van der Waals surface area contributed by atoms with Gasteiger partial charge in [-0.3, -0.25) is 0 Å². The minimum absolute atomic E-state index is 0.318. The van der Waals surface area contributed by atoms with Gasteiger partial charge >= 0.3 is 10.1 Å². The third-order valence-electron chi connectivity index (χ3n) is 6.38. The first-order chi connectivity index (χ1) is 13.6. The summed E-state index contributed by atoms with van der Waals surface area (Å²) in [6.45, 7) is 0. The fourth-order valence-electron chi connectivity index (χ4n) is 4.86. The predicted octanol–water partition coefficient (Wildman–Crippen LogP) is 6.55. The van der Waals surface area contributed by atoms with E-state index in [1.165, 1.54) is 38.5 Å². The second-order valence-electron chi connectivity index (χ2n) is 8.32. The first-order valence-corrected chi connectivity index (χ1v) is 12.2. The molecule has 2 aromatic carbocycles. The molecule has 28 heavy (non-hydrogen) atoms. The van der Waals surface area contributed by atoms with Crippen LogP contribution in [0.3, 0.4) is 0 Å². The molecule has 4 rings (SSSR count). The zero-order valence-corrected chi connectivity index (χ0v) is 17.3. The van der Waals surface area contributed by atoms with Crippen molar-refractivity contribution in [3.05, 3.63) is 59.7 Å². The van der Waals surface area contributed by atoms with E-state index in [9.17, 15) is 8.42 Å². The summed E-state index contributed by atoms with van der Waals surface area (Å²) in [4.78, 5) is 0.395. The van der Waals surface area contributed by atoms with Crippen LogP contribution in [0.2, 0.25) is 0 Å². The summed E-state index contributed by atoms with van der Waals surface area (Å²) in [7, 11) is -3.85. The van der Waals surface area contributed by atoms with Crippen LogP contribution in [-0.4, -0.2) is 8.42 Å². The summed E-state index contributed by atoms with van der Waals surface area (Å²) >= 11 is 0. The van der Waals surface area contributed by atoms with Crippen LogP contribution in [0, 0.1) is 0 Å². The van der Waals surface area contributed by atoms with Crippen molar-refractivity contribution in [1.82, 2.24) is 0 Å². The molecular weight excluding hydrogens is 368 g/mol. The number of benzene rings is 2. The summed E-state index contributed by atoms with van der Waals surface area (Å²) in [5.74, 6) is 1.17. The second kappa shape index (κ2) is 8.69. The van der Waals surface area contributed by atoms with Crippen molar-refractivity contribution in [3.63, 3.8) is 0 Å². The smallest absolute Gasteiger partial charge is 0.339 e. The lowest BCUT2D eigenvalue weighted by Crippen LogP contribution is -2.16. The molecule has 2 fully saturated rings. The van der Waals surface area contributed by atoms with E-state index in [1.807, 2.05) is 12.1 Å². The highest BCUT2D eigenvalue weighted by molar-refractivity contribution is 7.87. The van der Waals surface area contributed by atoms with Gasteiger partial charge in [0.2, 0.25) is 0 Å². The Balaban J connectivity index is 1.72. The molecule has 0 saturated heterocycles. The van der Waals surface area contributed by atoms with Crippen molar-refractivity contribution < 1.29 is 12.6 Å². The lowest BCUT2D eigenvalue weighted by molar-refractivity contribution is 0.430. The molecule has 0 amide bonds. The van der Waals surface area contributed by atoms with E-state index in [0.29, 0.717) is 22.5 Å². The molecule has 150 valence electrons. The van der Waals surface area contributed by atoms with E-state index in [0.717, 1.165) is 36.8 Å². The van der Waals surface area contributed by atoms with Crippen LogP contribution in [0.1, 0.15) is 87.2 Å². The maximum atomic E-state index is 13.3. The zero-order chi connectivity index (χ0) is 19.4. The molecule has 0 unspecified atom stereocenters. The molecule has 2 aromatic rings. The Morgan fingerprint density at radius 1 is 0.714 bits per heavy atom. The molecule has 2 aliphatic carbocycles. The Kier molecular flexibility index (Phi) is 6.05. The molecule has 4 heteroatoms. The topological polar surface area (TPSA) is 43.4 Å². The van der Waals surface area contributed by atoms with Gasteiger partial charge in [-0.05, 0) is 66.8 Å². The van der Waals surface area contributed by atoms with Crippen LogP contribution >= 0.6 is 0 Å². The Hall–Kier alpha value is -1.81. The van der Waals surface area contributed by atoms with Crippen LogP contribution in [0.25, 0.3) is 0 Å². The normalized spacial score (nSPS) is 19.4. The van der Waals surface area contributed by atoms with Gasteiger partial charge in [-0.15, -0.1) is 0 Å². The Morgan fingerprint density at radius 2 is 1.32 bits per heavy atom. The van der Waals surface area contributed by atoms with Crippen LogP contribution in [0.15, 0.2) is 53.4 Å². The van der Waals surface area contributed by atoms with Crippen molar-refractivity contribution in [1.29, 1.82) is 0 Å². The standard InChI is InChI=1S/C24H30O3S/c25-28(26,27-22-14-8-3-9-15-22)24-18-21(19-10-4-1-5-11-19)16-17-23(24)20-12-6-2-7-13-20/h3,8-9,14-20H,1-2,4-7,10-13H2. The zero-order valence-electron chi connectivity index (χ0n) is 16.5. The molecule has 0 aromatic heterocycles. The third kappa shape index (κ3) is 4.43. The summed E-state index contributed by atoms with van der Waals surface area (Å²) in [5.41, 5.74) is 2.12. The average Bonchev–Trinajstić information content (AvgIpc) is 2.75. The molecule has 0 heterocycles. The minimum atomic E-state index is -3.85. The Labute approximate surface area is 169 Å². The van der Waals surface area contributed by atoms with Gasteiger partial charge in [0.1, 0.15) is 10.6 Å². The highest BCUT2D eigenvalue weighted by atomic mass is 32.2. The molecule has 2 aliphatic rings. The Morgan fingerprint density at radius 3 is 1.96 bits per heavy atom. The summed E-state index contributed by atoms with van der Waals surface area (Å²) < 4.78 is 32.1. The van der Waals surface area contributed by atoms with Gasteiger partial charge in [0.25, 0.3) is 0 Å². The van der Waals surface area contributed by atoms with Crippen molar-refractivity contribution in [2.75, 3.05) is 0 Å². The first kappa shape index (κ1) is 19.5. The lowest BCUT2D eigenvalue weighted by Gasteiger charge is -2.27. The number of hydrogen-bond donors (Lipinski definition) is 0. The SMILES string of the molecule is O=S(=O)(Oc1ccccc1)c1cc(C2CCCCC2)ccc1C1CCCCC1. The number of hydrogen-bond acceptors (Lipinski definition) is 3. The molecule has 0 N–H and O–H groups in total. The molecule has 0 aliphatic heterocycles. The maximum absolute atomic E-state index is 13.3. The fraction of sp³-hybridized carbons (Fsp3) is 0.500. The molecule has 0 atom stereocenters. The lowest BCUT2D eigenvalue weighted by atomic mass is 9.81. The van der Waals surface area contributed by atoms with Crippen LogP contribution in [0.5, 0.6) is 5.75 Å². The molecule has 2 saturated carbocycles. The average molecular weight is 399 g/mol. The van der Waals surface area contributed by atoms with Gasteiger partial charge in [0, 0.05) is 0 Å². The van der Waals surface area contributed by atoms with Crippen LogP contribution in [-0.2, 0) is 10.1 Å². The highest BCUT2D eigenvalue weighted by Crippen LogP contribution is 2.40. The van der Waals surface area contributed by atoms with Gasteiger partial charge in [0.05, 0.1) is 0 Å². The maximum Gasteiger partial charge on any atom is 0.339 e. The van der Waals surface area contributed by atoms with Gasteiger partial charge in [-0.1, -0.05) is 68.9 Å². The summed E-state index contributed by atoms with van der Waals surface area (Å²) in [5, 5.41) is 0. The van der Waals surface area contributed by atoms with E-state index < -0.39 is 10.1 Å². The van der Waals surface area contributed by atoms with E-state index in [1.54, 1.807) is 24.3 Å². The van der Waals surface area contributed by atoms with Crippen molar-refractivity contribution in [2.45, 2.75) is 80.9 Å². The van der Waals surface area contributed by atoms with Gasteiger partial charge in [-0.2, -0.15) is 8.42 Å². The van der Waals surface area contributed by atoms with Gasteiger partial charge in [-0.25, -0.2) is 0 Å². The largest absolute Gasteiger partial charge is 0.379 e. The summed E-state index contributed by atoms with van der Waals surface area (Å²) in [6, 6.07) is 15.0. The second-order valence-corrected chi connectivity index (χ2v) is 9.83. The van der Waals surface area contributed by atoms with E-state index in [4.69, 9.17) is 4.18 Å². The van der Waals surface area contributed by atoms with Crippen molar-refractivity contribution >= 4 is 10.1 Å². The molecule has 0 radical (unpaired) electrons. The first-order valence-electron chi connectivity index (χ1n) is 10.8. The van der Waals surface area contributed by atoms with Gasteiger partial charge in [0.15, 0.2) is 0 Å². The number of para-hydroxylation sites is 1. The quantitative estimate of drug-likeness (QED) is 0.536. The van der Waals surface area contributed by atoms with E-state index >= 15 is 0 Å². The van der Waals surface area contributed by atoms with Gasteiger partial charge < -0.3 is 4.18 Å².